The quantitative estimate of drug-likeness (QED) is 0.578. The molecule has 1 spiro atoms. The van der Waals surface area contributed by atoms with Crippen LogP contribution in [0.5, 0.6) is 0 Å². The van der Waals surface area contributed by atoms with Crippen LogP contribution in [0.15, 0.2) is 47.1 Å². The number of rotatable bonds is 0. The summed E-state index contributed by atoms with van der Waals surface area (Å²) in [6.07, 6.45) is 13.6. The van der Waals surface area contributed by atoms with Gasteiger partial charge in [0, 0.05) is 29.1 Å². The second-order valence-corrected chi connectivity index (χ2v) is 12.2. The molecular weight excluding hydrogens is 400 g/mol. The largest absolute Gasteiger partial charge is 0.387 e. The van der Waals surface area contributed by atoms with Crippen molar-refractivity contribution >= 4 is 5.78 Å². The molecule has 2 bridgehead atoms. The fraction of sp³-hybridized carbons (Fsp3) is 0.679. The second kappa shape index (κ2) is 5.95. The number of carbonyl (C=O) groups excluding carboxylic acids is 1. The van der Waals surface area contributed by atoms with Gasteiger partial charge in [0.2, 0.25) is 0 Å². The van der Waals surface area contributed by atoms with Crippen molar-refractivity contribution in [2.75, 3.05) is 0 Å². The van der Waals surface area contributed by atoms with Gasteiger partial charge in [0.1, 0.15) is 11.7 Å². The van der Waals surface area contributed by atoms with E-state index in [2.05, 4.69) is 65.8 Å². The number of aliphatic hydroxyl groups excluding tert-OH is 1. The Labute approximate surface area is 191 Å². The first-order valence-corrected chi connectivity index (χ1v) is 12.4. The minimum Gasteiger partial charge on any atom is -0.387 e. The Bertz CT molecular complexity index is 1050. The normalized spacial score (nSPS) is 52.7. The molecule has 0 amide bonds. The van der Waals surface area contributed by atoms with Crippen LogP contribution in [0.25, 0.3) is 0 Å². The molecule has 4 aliphatic carbocycles. The number of ketones is 1. The average Bonchev–Trinajstić information content (AvgIpc) is 3.06. The van der Waals surface area contributed by atoms with Crippen molar-refractivity contribution in [1.29, 1.82) is 0 Å². The lowest BCUT2D eigenvalue weighted by atomic mass is 9.53. The van der Waals surface area contributed by atoms with Crippen LogP contribution in [-0.2, 0) is 14.3 Å². The summed E-state index contributed by atoms with van der Waals surface area (Å²) in [5, 5.41) is 11.5. The third-order valence-corrected chi connectivity index (χ3v) is 10.6. The number of carbonyl (C=O) groups is 1. The zero-order valence-corrected chi connectivity index (χ0v) is 20.2. The molecule has 1 unspecified atom stereocenters. The molecule has 0 aromatic heterocycles. The van der Waals surface area contributed by atoms with Gasteiger partial charge in [-0.15, -0.1) is 0 Å². The van der Waals surface area contributed by atoms with Gasteiger partial charge in [-0.25, -0.2) is 0 Å². The van der Waals surface area contributed by atoms with Gasteiger partial charge in [0.05, 0.1) is 5.60 Å². The minimum absolute atomic E-state index is 0.0176. The van der Waals surface area contributed by atoms with E-state index in [-0.39, 0.29) is 28.4 Å². The number of fused-ring (bicyclic) bond motifs is 2. The molecule has 0 radical (unpaired) electrons. The predicted octanol–water partition coefficient (Wildman–Crippen LogP) is 5.04. The maximum absolute atomic E-state index is 12.1. The molecule has 32 heavy (non-hydrogen) atoms. The molecule has 8 atom stereocenters. The van der Waals surface area contributed by atoms with Gasteiger partial charge < -0.3 is 14.6 Å². The molecule has 4 heteroatoms. The molecule has 172 valence electrons. The highest BCUT2D eigenvalue weighted by atomic mass is 16.7. The predicted molar refractivity (Wildman–Crippen MR) is 123 cm³/mol. The van der Waals surface area contributed by atoms with E-state index >= 15 is 0 Å². The van der Waals surface area contributed by atoms with Gasteiger partial charge in [-0.3, -0.25) is 4.79 Å². The van der Waals surface area contributed by atoms with E-state index in [4.69, 9.17) is 9.47 Å². The number of allylic oxidation sites excluding steroid dienone is 5. The Balaban J connectivity index is 1.54. The van der Waals surface area contributed by atoms with E-state index in [1.807, 2.05) is 6.08 Å². The Hall–Kier alpha value is -1.49. The first-order chi connectivity index (χ1) is 14.9. The van der Waals surface area contributed by atoms with Crippen molar-refractivity contribution in [2.45, 2.75) is 90.3 Å². The number of hydrogen-bond acceptors (Lipinski definition) is 4. The lowest BCUT2D eigenvalue weighted by Crippen LogP contribution is -2.67. The Morgan fingerprint density at radius 3 is 2.41 bits per heavy atom. The molecule has 2 aliphatic heterocycles. The first-order valence-electron chi connectivity index (χ1n) is 12.4. The van der Waals surface area contributed by atoms with Crippen molar-refractivity contribution in [3.63, 3.8) is 0 Å². The summed E-state index contributed by atoms with van der Waals surface area (Å²) < 4.78 is 14.0. The summed E-state index contributed by atoms with van der Waals surface area (Å²) in [4.78, 5) is 12.1. The van der Waals surface area contributed by atoms with Gasteiger partial charge >= 0.3 is 0 Å². The molecule has 1 saturated carbocycles. The van der Waals surface area contributed by atoms with Crippen molar-refractivity contribution in [2.24, 2.45) is 28.6 Å². The van der Waals surface area contributed by atoms with Crippen molar-refractivity contribution in [3.8, 4) is 0 Å². The van der Waals surface area contributed by atoms with Crippen molar-refractivity contribution < 1.29 is 19.4 Å². The number of hydrogen-bond donors (Lipinski definition) is 1. The van der Waals surface area contributed by atoms with Crippen LogP contribution in [0.4, 0.5) is 0 Å². The maximum atomic E-state index is 12.1. The lowest BCUT2D eigenvalue weighted by molar-refractivity contribution is -0.369. The van der Waals surface area contributed by atoms with Gasteiger partial charge in [-0.2, -0.15) is 0 Å². The minimum atomic E-state index is -1.000. The monoisotopic (exact) mass is 436 g/mol. The summed E-state index contributed by atoms with van der Waals surface area (Å²) in [7, 11) is 0. The summed E-state index contributed by atoms with van der Waals surface area (Å²) in [5.41, 5.74) is 2.32. The van der Waals surface area contributed by atoms with E-state index in [9.17, 15) is 9.90 Å². The zero-order valence-electron chi connectivity index (χ0n) is 20.2. The lowest BCUT2D eigenvalue weighted by Gasteiger charge is -2.61. The molecule has 2 heterocycles. The van der Waals surface area contributed by atoms with Gasteiger partial charge in [-0.1, -0.05) is 52.0 Å². The smallest absolute Gasteiger partial charge is 0.199 e. The van der Waals surface area contributed by atoms with E-state index < -0.39 is 23.1 Å². The van der Waals surface area contributed by atoms with Crippen molar-refractivity contribution in [1.82, 2.24) is 0 Å². The Morgan fingerprint density at radius 2 is 1.72 bits per heavy atom. The van der Waals surface area contributed by atoms with E-state index in [0.29, 0.717) is 12.3 Å². The van der Waals surface area contributed by atoms with Crippen LogP contribution in [0.1, 0.15) is 67.2 Å². The van der Waals surface area contributed by atoms with Crippen LogP contribution < -0.4 is 0 Å². The topological polar surface area (TPSA) is 55.8 Å². The zero-order chi connectivity index (χ0) is 22.9. The van der Waals surface area contributed by atoms with E-state index in [1.165, 1.54) is 11.1 Å². The molecule has 2 saturated heterocycles. The summed E-state index contributed by atoms with van der Waals surface area (Å²) in [5.74, 6) is -0.352. The Kier molecular flexibility index (Phi) is 3.92. The first kappa shape index (κ1) is 21.1. The molecule has 4 nitrogen and oxygen atoms in total. The van der Waals surface area contributed by atoms with Crippen LogP contribution >= 0.6 is 0 Å². The second-order valence-electron chi connectivity index (χ2n) is 12.2. The summed E-state index contributed by atoms with van der Waals surface area (Å²) in [6.45, 7) is 13.0. The highest BCUT2D eigenvalue weighted by Crippen LogP contribution is 2.71. The van der Waals surface area contributed by atoms with Crippen LogP contribution in [0, 0.1) is 28.6 Å². The molecule has 6 rings (SSSR count). The molecule has 6 aliphatic rings. The molecule has 0 aromatic rings. The molecule has 0 aromatic carbocycles. The van der Waals surface area contributed by atoms with Crippen LogP contribution in [0.2, 0.25) is 0 Å². The SMILES string of the molecule is C[C@H]1[C@@H](O)[C@@]2(OC1(C)C)O[C@]13CC[C@H]([C@@H]2C)[C@]1(C)C=CC1=C3C=CC2=CC(=O)CCC21C. The average molecular weight is 437 g/mol. The van der Waals surface area contributed by atoms with E-state index in [1.54, 1.807) is 0 Å². The number of ether oxygens (including phenoxy) is 2. The fourth-order valence-corrected chi connectivity index (χ4v) is 8.17. The summed E-state index contributed by atoms with van der Waals surface area (Å²) >= 11 is 0. The number of aliphatic hydroxyl groups is 1. The fourth-order valence-electron chi connectivity index (χ4n) is 8.17. The van der Waals surface area contributed by atoms with Crippen LogP contribution in [0.3, 0.4) is 0 Å². The van der Waals surface area contributed by atoms with E-state index in [0.717, 1.165) is 24.8 Å². The highest BCUT2D eigenvalue weighted by molar-refractivity contribution is 5.93. The van der Waals surface area contributed by atoms with Crippen molar-refractivity contribution in [3.05, 3.63) is 47.1 Å². The third-order valence-electron chi connectivity index (χ3n) is 10.6. The molecule has 3 fully saturated rings. The summed E-state index contributed by atoms with van der Waals surface area (Å²) in [6, 6.07) is 0. The standard InChI is InChI=1S/C28H36O4/c1-16-20-11-14-27(32-28(16)23(30)17(2)24(3,4)31-28)22-8-7-18-15-19(29)9-12-25(18,5)21(22)10-13-26(20,27)6/h7-8,10,13,15-17,20,23,30H,9,11-12,14H2,1-6H3/t16-,17-,20+,23+,25?,26-,27-,28-/m0/s1. The van der Waals surface area contributed by atoms with Gasteiger partial charge in [0.15, 0.2) is 11.6 Å². The van der Waals surface area contributed by atoms with Gasteiger partial charge in [-0.05, 0) is 61.8 Å². The molecular formula is C28H36O4. The molecule has 1 N–H and O–H groups in total. The third kappa shape index (κ3) is 2.14. The Morgan fingerprint density at radius 1 is 0.969 bits per heavy atom. The van der Waals surface area contributed by atoms with Gasteiger partial charge in [0.25, 0.3) is 0 Å². The van der Waals surface area contributed by atoms with Crippen LogP contribution in [-0.4, -0.2) is 34.0 Å². The highest BCUT2D eigenvalue weighted by Gasteiger charge is 2.75. The maximum Gasteiger partial charge on any atom is 0.199 e.